The molecule has 0 saturated carbocycles. The molecule has 1 aliphatic rings. The smallest absolute Gasteiger partial charge is 0.315 e. The molecule has 1 saturated heterocycles. The number of carbonyl (C=O) groups excluding carboxylic acids is 1. The Bertz CT molecular complexity index is 821. The largest absolute Gasteiger partial charge is 0.322 e. The molecular weight excluding hydrogens is 348 g/mol. The topological polar surface area (TPSA) is 105 Å². The molecule has 2 heterocycles. The molecule has 1 aliphatic heterocycles. The van der Waals surface area contributed by atoms with Crippen molar-refractivity contribution in [3.8, 4) is 0 Å². The first-order chi connectivity index (χ1) is 11.4. The van der Waals surface area contributed by atoms with Gasteiger partial charge in [-0.25, -0.2) is 23.3 Å². The highest BCUT2D eigenvalue weighted by Gasteiger charge is 2.29. The lowest BCUT2D eigenvalue weighted by atomic mass is 10.0. The van der Waals surface area contributed by atoms with Crippen LogP contribution < -0.4 is 10.5 Å². The van der Waals surface area contributed by atoms with Crippen LogP contribution in [0, 0.1) is 0 Å². The normalized spacial score (nSPS) is 18.4. The molecule has 0 bridgehead atoms. The molecule has 2 aromatic rings. The van der Waals surface area contributed by atoms with Gasteiger partial charge in [0.05, 0.1) is 10.9 Å². The molecule has 7 nitrogen and oxygen atoms in total. The number of hydrogen-bond donors (Lipinski definition) is 2. The van der Waals surface area contributed by atoms with Crippen molar-refractivity contribution in [3.63, 3.8) is 0 Å². The number of aromatic nitrogens is 1. The Balaban J connectivity index is 1.78. The van der Waals surface area contributed by atoms with E-state index in [0.717, 1.165) is 24.3 Å². The highest BCUT2D eigenvalue weighted by atomic mass is 32.2. The molecular formula is C15H18N4O3S2. The van der Waals surface area contributed by atoms with E-state index in [2.05, 4.69) is 10.3 Å². The number of amides is 2. The average Bonchev–Trinajstić information content (AvgIpc) is 3.08. The Morgan fingerprint density at radius 2 is 2.21 bits per heavy atom. The van der Waals surface area contributed by atoms with E-state index in [4.69, 9.17) is 5.14 Å². The van der Waals surface area contributed by atoms with E-state index in [1.165, 1.54) is 23.5 Å². The van der Waals surface area contributed by atoms with Crippen molar-refractivity contribution >= 4 is 33.1 Å². The summed E-state index contributed by atoms with van der Waals surface area (Å²) in [4.78, 5) is 18.7. The molecule has 1 unspecified atom stereocenters. The molecule has 1 fully saturated rings. The van der Waals surface area contributed by atoms with Crippen LogP contribution in [0.1, 0.15) is 30.3 Å². The molecule has 0 spiro atoms. The summed E-state index contributed by atoms with van der Waals surface area (Å²) < 4.78 is 22.9. The fourth-order valence-corrected chi connectivity index (χ4v) is 4.12. The van der Waals surface area contributed by atoms with Gasteiger partial charge in [0.2, 0.25) is 10.0 Å². The predicted molar refractivity (Wildman–Crippen MR) is 92.2 cm³/mol. The van der Waals surface area contributed by atoms with Crippen LogP contribution in [0.2, 0.25) is 0 Å². The third-order valence-corrected chi connectivity index (χ3v) is 5.70. The molecule has 1 atom stereocenters. The number of urea groups is 1. The van der Waals surface area contributed by atoms with Gasteiger partial charge in [-0.15, -0.1) is 11.3 Å². The average molecular weight is 366 g/mol. The van der Waals surface area contributed by atoms with Crippen LogP contribution >= 0.6 is 11.3 Å². The zero-order valence-corrected chi connectivity index (χ0v) is 14.5. The number of rotatable bonds is 3. The number of hydrogen-bond acceptors (Lipinski definition) is 5. The number of nitrogens with one attached hydrogen (secondary N) is 1. The quantitative estimate of drug-likeness (QED) is 0.871. The van der Waals surface area contributed by atoms with Gasteiger partial charge in [0.1, 0.15) is 5.01 Å². The second-order valence-electron chi connectivity index (χ2n) is 5.58. The third-order valence-electron chi connectivity index (χ3n) is 3.91. The maximum atomic E-state index is 12.6. The molecule has 24 heavy (non-hydrogen) atoms. The first kappa shape index (κ1) is 16.9. The summed E-state index contributed by atoms with van der Waals surface area (Å²) in [6.07, 6.45) is 4.60. The first-order valence-corrected chi connectivity index (χ1v) is 9.97. The number of benzene rings is 1. The molecule has 0 radical (unpaired) electrons. The van der Waals surface area contributed by atoms with Gasteiger partial charge in [0.15, 0.2) is 0 Å². The van der Waals surface area contributed by atoms with Crippen molar-refractivity contribution < 1.29 is 13.2 Å². The molecule has 1 aromatic carbocycles. The van der Waals surface area contributed by atoms with Gasteiger partial charge in [0.25, 0.3) is 0 Å². The number of primary sulfonamides is 1. The fourth-order valence-electron chi connectivity index (χ4n) is 2.78. The lowest BCUT2D eigenvalue weighted by Gasteiger charge is -2.34. The maximum absolute atomic E-state index is 12.6. The summed E-state index contributed by atoms with van der Waals surface area (Å²) in [5, 5.41) is 10.7. The van der Waals surface area contributed by atoms with Crippen molar-refractivity contribution in [2.75, 3.05) is 11.9 Å². The lowest BCUT2D eigenvalue weighted by molar-refractivity contribution is 0.163. The van der Waals surface area contributed by atoms with Gasteiger partial charge in [-0.05, 0) is 37.5 Å². The Labute approximate surface area is 144 Å². The molecule has 0 aliphatic carbocycles. The number of anilines is 1. The minimum Gasteiger partial charge on any atom is -0.315 e. The van der Waals surface area contributed by atoms with E-state index >= 15 is 0 Å². The summed E-state index contributed by atoms with van der Waals surface area (Å²) >= 11 is 1.53. The minimum absolute atomic E-state index is 0.0320. The zero-order valence-electron chi connectivity index (χ0n) is 12.9. The van der Waals surface area contributed by atoms with Gasteiger partial charge < -0.3 is 10.2 Å². The molecule has 1 aromatic heterocycles. The second kappa shape index (κ2) is 6.88. The SMILES string of the molecule is NS(=O)(=O)c1cccc(NC(=O)N2CCCCC2c2nccs2)c1. The summed E-state index contributed by atoms with van der Waals surface area (Å²) in [5.41, 5.74) is 0.398. The molecule has 2 amide bonds. The number of piperidine rings is 1. The molecule has 3 N–H and O–H groups in total. The maximum Gasteiger partial charge on any atom is 0.322 e. The highest BCUT2D eigenvalue weighted by Crippen LogP contribution is 2.32. The molecule has 9 heteroatoms. The van der Waals surface area contributed by atoms with Crippen LogP contribution in [0.4, 0.5) is 10.5 Å². The van der Waals surface area contributed by atoms with Gasteiger partial charge in [0, 0.05) is 23.8 Å². The number of nitrogens with zero attached hydrogens (tertiary/aromatic N) is 2. The molecule has 3 rings (SSSR count). The lowest BCUT2D eigenvalue weighted by Crippen LogP contribution is -2.41. The van der Waals surface area contributed by atoms with E-state index in [1.54, 1.807) is 23.2 Å². The number of sulfonamides is 1. The number of thiazole rings is 1. The highest BCUT2D eigenvalue weighted by molar-refractivity contribution is 7.89. The van der Waals surface area contributed by atoms with Crippen LogP contribution in [0.25, 0.3) is 0 Å². The van der Waals surface area contributed by atoms with Gasteiger partial charge in [-0.2, -0.15) is 0 Å². The van der Waals surface area contributed by atoms with E-state index in [1.807, 2.05) is 5.38 Å². The third kappa shape index (κ3) is 3.74. The summed E-state index contributed by atoms with van der Waals surface area (Å²) in [7, 11) is -3.81. The van der Waals surface area contributed by atoms with Gasteiger partial charge in [-0.3, -0.25) is 0 Å². The van der Waals surface area contributed by atoms with E-state index in [-0.39, 0.29) is 17.0 Å². The van der Waals surface area contributed by atoms with Crippen molar-refractivity contribution in [1.29, 1.82) is 0 Å². The number of carbonyl (C=O) groups is 1. The van der Waals surface area contributed by atoms with E-state index in [9.17, 15) is 13.2 Å². The van der Waals surface area contributed by atoms with Crippen LogP contribution in [-0.2, 0) is 10.0 Å². The zero-order chi connectivity index (χ0) is 17.2. The van der Waals surface area contributed by atoms with Gasteiger partial charge in [-0.1, -0.05) is 6.07 Å². The second-order valence-corrected chi connectivity index (χ2v) is 8.07. The Hall–Kier alpha value is -1.97. The van der Waals surface area contributed by atoms with E-state index in [0.29, 0.717) is 12.2 Å². The standard InChI is InChI=1S/C15H18N4O3S2/c16-24(21,22)12-5-3-4-11(10-12)18-15(20)19-8-2-1-6-13(19)14-17-7-9-23-14/h3-5,7,9-10,13H,1-2,6,8H2,(H,18,20)(H2,16,21,22). The van der Waals surface area contributed by atoms with Gasteiger partial charge >= 0.3 is 6.03 Å². The summed E-state index contributed by atoms with van der Waals surface area (Å²) in [6.45, 7) is 0.644. The Morgan fingerprint density at radius 1 is 1.38 bits per heavy atom. The van der Waals surface area contributed by atoms with Crippen LogP contribution in [-0.4, -0.2) is 30.9 Å². The summed E-state index contributed by atoms with van der Waals surface area (Å²) in [5.74, 6) is 0. The Kier molecular flexibility index (Phi) is 4.83. The minimum atomic E-state index is -3.81. The van der Waals surface area contributed by atoms with E-state index < -0.39 is 10.0 Å². The van der Waals surface area contributed by atoms with Crippen molar-refractivity contribution in [3.05, 3.63) is 40.8 Å². The molecule has 128 valence electrons. The Morgan fingerprint density at radius 3 is 2.92 bits per heavy atom. The van der Waals surface area contributed by atoms with Crippen LogP contribution in [0.15, 0.2) is 40.7 Å². The van der Waals surface area contributed by atoms with Crippen molar-refractivity contribution in [2.24, 2.45) is 5.14 Å². The van der Waals surface area contributed by atoms with Crippen LogP contribution in [0.3, 0.4) is 0 Å². The van der Waals surface area contributed by atoms with Crippen molar-refractivity contribution in [2.45, 2.75) is 30.2 Å². The predicted octanol–water partition coefficient (Wildman–Crippen LogP) is 2.55. The van der Waals surface area contributed by atoms with Crippen LogP contribution in [0.5, 0.6) is 0 Å². The number of likely N-dealkylation sites (tertiary alicyclic amines) is 1. The monoisotopic (exact) mass is 366 g/mol. The van der Waals surface area contributed by atoms with Crippen molar-refractivity contribution in [1.82, 2.24) is 9.88 Å². The number of nitrogens with two attached hydrogens (primary N) is 1. The first-order valence-electron chi connectivity index (χ1n) is 7.55. The summed E-state index contributed by atoms with van der Waals surface area (Å²) in [6, 6.07) is 5.63. The fraction of sp³-hybridized carbons (Fsp3) is 0.333.